The van der Waals surface area contributed by atoms with Gasteiger partial charge in [0, 0.05) is 103 Å². The van der Waals surface area contributed by atoms with Gasteiger partial charge in [-0.1, -0.05) is 37.3 Å². The highest BCUT2D eigenvalue weighted by atomic mass is 16.5. The molecule has 0 spiro atoms. The van der Waals surface area contributed by atoms with Crippen LogP contribution in [0.15, 0.2) is 48.7 Å². The minimum atomic E-state index is -0.179. The molecule has 0 unspecified atom stereocenters. The Morgan fingerprint density at radius 1 is 0.906 bits per heavy atom. The highest BCUT2D eigenvalue weighted by Crippen LogP contribution is 2.31. The Morgan fingerprint density at radius 2 is 1.64 bits per heavy atom. The second-order valence-corrected chi connectivity index (χ2v) is 14.2. The van der Waals surface area contributed by atoms with Crippen molar-refractivity contribution in [1.29, 1.82) is 0 Å². The Hall–Kier alpha value is -4.81. The van der Waals surface area contributed by atoms with Gasteiger partial charge in [-0.15, -0.1) is 0 Å². The van der Waals surface area contributed by atoms with Crippen LogP contribution in [0.25, 0.3) is 22.2 Å². The molecule has 12 nitrogen and oxygen atoms in total. The number of piperazine rings is 1. The van der Waals surface area contributed by atoms with Crippen LogP contribution < -0.4 is 16.0 Å². The van der Waals surface area contributed by atoms with Crippen molar-refractivity contribution in [3.63, 3.8) is 0 Å². The molecule has 0 radical (unpaired) electrons. The van der Waals surface area contributed by atoms with Crippen LogP contribution in [-0.2, 0) is 51.7 Å². The van der Waals surface area contributed by atoms with Crippen molar-refractivity contribution in [1.82, 2.24) is 35.2 Å². The van der Waals surface area contributed by atoms with Crippen LogP contribution in [0.4, 0.5) is 5.69 Å². The molecule has 3 amide bonds. The fourth-order valence-electron chi connectivity index (χ4n) is 7.30. The molecule has 6 rings (SSSR count). The second-order valence-electron chi connectivity index (χ2n) is 14.2. The van der Waals surface area contributed by atoms with Crippen LogP contribution >= 0.6 is 0 Å². The third kappa shape index (κ3) is 9.60. The van der Waals surface area contributed by atoms with Crippen LogP contribution in [0.3, 0.4) is 0 Å². The summed E-state index contributed by atoms with van der Waals surface area (Å²) in [7, 11) is 0. The number of anilines is 1. The number of aryl methyl sites for hydroxylation is 3. The van der Waals surface area contributed by atoms with Gasteiger partial charge in [0.2, 0.25) is 17.7 Å². The Labute approximate surface area is 312 Å². The number of ether oxygens (including phenoxy) is 1. The number of carbonyl (C=O) groups excluding carboxylic acids is 3. The van der Waals surface area contributed by atoms with Crippen molar-refractivity contribution in [2.45, 2.75) is 92.0 Å². The van der Waals surface area contributed by atoms with Crippen molar-refractivity contribution < 1.29 is 19.1 Å². The first-order valence-corrected chi connectivity index (χ1v) is 19.1. The first-order chi connectivity index (χ1) is 25.7. The molecule has 0 aliphatic carbocycles. The van der Waals surface area contributed by atoms with Gasteiger partial charge in [-0.2, -0.15) is 5.10 Å². The topological polar surface area (TPSA) is 134 Å². The van der Waals surface area contributed by atoms with Gasteiger partial charge in [0.05, 0.1) is 17.3 Å². The molecule has 2 aliphatic heterocycles. The number of aromatic nitrogens is 3. The summed E-state index contributed by atoms with van der Waals surface area (Å²) < 4.78 is 7.49. The maximum Gasteiger partial charge on any atom is 0.220 e. The molecule has 3 N–H and O–H groups in total. The number of rotatable bonds is 14. The number of hydrogen-bond acceptors (Lipinski definition) is 8. The monoisotopic (exact) mass is 722 g/mol. The Balaban J connectivity index is 1.03. The van der Waals surface area contributed by atoms with E-state index in [1.54, 1.807) is 6.92 Å². The Morgan fingerprint density at radius 3 is 2.34 bits per heavy atom. The molecule has 0 atom stereocenters. The van der Waals surface area contributed by atoms with E-state index < -0.39 is 0 Å². The zero-order chi connectivity index (χ0) is 37.3. The summed E-state index contributed by atoms with van der Waals surface area (Å²) in [6.45, 7) is 14.8. The van der Waals surface area contributed by atoms with Crippen LogP contribution in [0.5, 0.6) is 0 Å². The van der Waals surface area contributed by atoms with Gasteiger partial charge in [-0.3, -0.25) is 19.3 Å². The quantitative estimate of drug-likeness (QED) is 0.167. The summed E-state index contributed by atoms with van der Waals surface area (Å²) in [6, 6.07) is 15.1. The largest absolute Gasteiger partial charge is 0.381 e. The van der Waals surface area contributed by atoms with Crippen LogP contribution in [0.1, 0.15) is 74.4 Å². The van der Waals surface area contributed by atoms with Gasteiger partial charge < -0.3 is 25.6 Å². The maximum absolute atomic E-state index is 13.1. The molecule has 2 saturated heterocycles. The molecular formula is C41H54N8O4. The molecule has 282 valence electrons. The Kier molecular flexibility index (Phi) is 12.7. The third-order valence-corrected chi connectivity index (χ3v) is 10.5. The van der Waals surface area contributed by atoms with Gasteiger partial charge in [-0.25, -0.2) is 9.67 Å². The molecule has 53 heavy (non-hydrogen) atoms. The zero-order valence-corrected chi connectivity index (χ0v) is 31.7. The van der Waals surface area contributed by atoms with Crippen molar-refractivity contribution in [2.24, 2.45) is 0 Å². The predicted molar refractivity (Wildman–Crippen MR) is 207 cm³/mol. The fourth-order valence-corrected chi connectivity index (χ4v) is 7.30. The van der Waals surface area contributed by atoms with Crippen molar-refractivity contribution >= 4 is 34.4 Å². The standard InChI is InChI=1S/C41H54N8O4/c1-5-37-35(40(45-33-14-20-53-21-15-33)36-26-44-49(6-2)41(36)46-37)25-43-39(52)13-12-38(51)42-24-30-11-10-28(3)34(23-30)32-9-7-8-31(22-32)27-47-16-18-48(19-17-47)29(4)50/h7-11,22-23,26,33H,5-6,12-21,24-25,27H2,1-4H3,(H,42,51)(H,43,52)(H,45,46). The summed E-state index contributed by atoms with van der Waals surface area (Å²) in [6.07, 6.45) is 4.59. The molecule has 0 saturated carbocycles. The highest BCUT2D eigenvalue weighted by Gasteiger charge is 2.23. The lowest BCUT2D eigenvalue weighted by atomic mass is 9.96. The number of nitrogens with zero attached hydrogens (tertiary/aromatic N) is 5. The number of amides is 3. The molecule has 2 aromatic carbocycles. The summed E-state index contributed by atoms with van der Waals surface area (Å²) in [5.41, 5.74) is 9.38. The predicted octanol–water partition coefficient (Wildman–Crippen LogP) is 4.96. The lowest BCUT2D eigenvalue weighted by molar-refractivity contribution is -0.130. The van der Waals surface area contributed by atoms with Crippen molar-refractivity contribution in [3.8, 4) is 11.1 Å². The van der Waals surface area contributed by atoms with E-state index in [2.05, 4.69) is 83.1 Å². The molecule has 0 bridgehead atoms. The van der Waals surface area contributed by atoms with Gasteiger partial charge in [0.1, 0.15) is 0 Å². The van der Waals surface area contributed by atoms with E-state index in [0.717, 1.165) is 116 Å². The van der Waals surface area contributed by atoms with E-state index >= 15 is 0 Å². The molecule has 2 aromatic heterocycles. The zero-order valence-electron chi connectivity index (χ0n) is 31.7. The smallest absolute Gasteiger partial charge is 0.220 e. The van der Waals surface area contributed by atoms with Crippen LogP contribution in [0, 0.1) is 6.92 Å². The van der Waals surface area contributed by atoms with E-state index in [9.17, 15) is 14.4 Å². The second kappa shape index (κ2) is 17.8. The van der Waals surface area contributed by atoms with Crippen molar-refractivity contribution in [2.75, 3.05) is 44.7 Å². The van der Waals surface area contributed by atoms with E-state index in [1.807, 2.05) is 21.8 Å². The lowest BCUT2D eigenvalue weighted by Crippen LogP contribution is -2.47. The van der Waals surface area contributed by atoms with Gasteiger partial charge in [0.25, 0.3) is 0 Å². The number of carbonyl (C=O) groups is 3. The minimum Gasteiger partial charge on any atom is -0.381 e. The molecule has 12 heteroatoms. The first-order valence-electron chi connectivity index (χ1n) is 19.1. The maximum atomic E-state index is 13.1. The third-order valence-electron chi connectivity index (χ3n) is 10.5. The molecule has 2 aliphatic rings. The average molecular weight is 723 g/mol. The summed E-state index contributed by atoms with van der Waals surface area (Å²) in [4.78, 5) is 46.9. The summed E-state index contributed by atoms with van der Waals surface area (Å²) in [5, 5.41) is 15.3. The molecule has 4 aromatic rings. The average Bonchev–Trinajstić information content (AvgIpc) is 3.59. The van der Waals surface area contributed by atoms with E-state index in [-0.39, 0.29) is 36.6 Å². The number of hydrogen-bond donors (Lipinski definition) is 3. The fraction of sp³-hybridized carbons (Fsp3) is 0.488. The SMILES string of the molecule is CCc1nc2c(cnn2CC)c(NC2CCOCC2)c1CNC(=O)CCC(=O)NCc1ccc(C)c(-c2cccc(CN3CCN(C(C)=O)CC3)c2)c1. The summed E-state index contributed by atoms with van der Waals surface area (Å²) in [5.74, 6) is -0.205. The van der Waals surface area contributed by atoms with Crippen molar-refractivity contribution in [3.05, 3.63) is 76.6 Å². The number of pyridine rings is 1. The number of fused-ring (bicyclic) bond motifs is 1. The number of benzene rings is 2. The minimum absolute atomic E-state index is 0.0925. The van der Waals surface area contributed by atoms with E-state index in [4.69, 9.17) is 9.72 Å². The van der Waals surface area contributed by atoms with Gasteiger partial charge in [0.15, 0.2) is 5.65 Å². The number of nitrogens with one attached hydrogen (secondary N) is 3. The summed E-state index contributed by atoms with van der Waals surface area (Å²) >= 11 is 0. The van der Waals surface area contributed by atoms with E-state index in [1.165, 1.54) is 5.56 Å². The van der Waals surface area contributed by atoms with Gasteiger partial charge >= 0.3 is 0 Å². The molecular weight excluding hydrogens is 669 g/mol. The lowest BCUT2D eigenvalue weighted by Gasteiger charge is -2.34. The Bertz CT molecular complexity index is 1910. The normalized spacial score (nSPS) is 15.4. The van der Waals surface area contributed by atoms with Crippen LogP contribution in [0.2, 0.25) is 0 Å². The van der Waals surface area contributed by atoms with Gasteiger partial charge in [-0.05, 0) is 73.1 Å². The molecule has 2 fully saturated rings. The molecule has 4 heterocycles. The van der Waals surface area contributed by atoms with Crippen LogP contribution in [-0.4, -0.2) is 87.7 Å². The highest BCUT2D eigenvalue weighted by molar-refractivity contribution is 5.92. The van der Waals surface area contributed by atoms with E-state index in [0.29, 0.717) is 19.5 Å². The first kappa shape index (κ1) is 37.9.